The molecule has 0 bridgehead atoms. The summed E-state index contributed by atoms with van der Waals surface area (Å²) in [5.74, 6) is -2.00. The molecule has 7 heteroatoms. The van der Waals surface area contributed by atoms with E-state index in [4.69, 9.17) is 9.52 Å². The first-order valence-electron chi connectivity index (χ1n) is 6.36. The van der Waals surface area contributed by atoms with E-state index in [2.05, 4.69) is 10.6 Å². The van der Waals surface area contributed by atoms with Gasteiger partial charge in [0.05, 0.1) is 6.26 Å². The fraction of sp³-hybridized carbons (Fsp3) is 0.462. The van der Waals surface area contributed by atoms with Crippen molar-refractivity contribution < 1.29 is 23.9 Å². The van der Waals surface area contributed by atoms with Gasteiger partial charge in [-0.15, -0.1) is 0 Å². The molecule has 1 aromatic heterocycles. The van der Waals surface area contributed by atoms with Crippen molar-refractivity contribution in [1.82, 2.24) is 10.6 Å². The summed E-state index contributed by atoms with van der Waals surface area (Å²) in [6.07, 6.45) is 2.95. The van der Waals surface area contributed by atoms with Crippen LogP contribution in [0.5, 0.6) is 0 Å². The first kappa shape index (κ1) is 14.1. The molecule has 2 atom stereocenters. The van der Waals surface area contributed by atoms with Gasteiger partial charge in [0.25, 0.3) is 5.91 Å². The van der Waals surface area contributed by atoms with Crippen LogP contribution in [0.1, 0.15) is 30.3 Å². The van der Waals surface area contributed by atoms with Crippen molar-refractivity contribution in [2.75, 3.05) is 0 Å². The molecule has 0 aliphatic heterocycles. The fourth-order valence-corrected chi connectivity index (χ4v) is 1.83. The number of nitrogens with one attached hydrogen (secondary N) is 2. The third kappa shape index (κ3) is 3.37. The van der Waals surface area contributed by atoms with Crippen LogP contribution >= 0.6 is 0 Å². The number of carboxylic acids is 1. The Labute approximate surface area is 115 Å². The lowest BCUT2D eigenvalue weighted by Crippen LogP contribution is -2.51. The summed E-state index contributed by atoms with van der Waals surface area (Å²) >= 11 is 0. The van der Waals surface area contributed by atoms with Crippen LogP contribution in [0.3, 0.4) is 0 Å². The second kappa shape index (κ2) is 5.77. The zero-order valence-electron chi connectivity index (χ0n) is 11.0. The van der Waals surface area contributed by atoms with E-state index < -0.39 is 29.9 Å². The molecule has 2 amide bonds. The highest BCUT2D eigenvalue weighted by Crippen LogP contribution is 2.32. The Morgan fingerprint density at radius 3 is 2.55 bits per heavy atom. The molecule has 20 heavy (non-hydrogen) atoms. The quantitative estimate of drug-likeness (QED) is 0.698. The lowest BCUT2D eigenvalue weighted by atomic mass is 10.1. The summed E-state index contributed by atoms with van der Waals surface area (Å²) in [5, 5.41) is 13.9. The van der Waals surface area contributed by atoms with Gasteiger partial charge in [0.15, 0.2) is 5.76 Å². The Morgan fingerprint density at radius 2 is 2.05 bits per heavy atom. The van der Waals surface area contributed by atoms with Gasteiger partial charge in [0, 0.05) is 0 Å². The summed E-state index contributed by atoms with van der Waals surface area (Å²) in [7, 11) is 0. The summed E-state index contributed by atoms with van der Waals surface area (Å²) in [5.41, 5.74) is 0. The molecule has 0 aromatic carbocycles. The minimum Gasteiger partial charge on any atom is -0.480 e. The summed E-state index contributed by atoms with van der Waals surface area (Å²) in [6.45, 7) is 1.49. The van der Waals surface area contributed by atoms with Crippen LogP contribution in [-0.4, -0.2) is 35.0 Å². The zero-order chi connectivity index (χ0) is 14.7. The highest BCUT2D eigenvalue weighted by atomic mass is 16.4. The number of aliphatic carboxylic acids is 1. The zero-order valence-corrected chi connectivity index (χ0v) is 11.0. The number of amides is 2. The second-order valence-corrected chi connectivity index (χ2v) is 4.83. The predicted molar refractivity (Wildman–Crippen MR) is 67.9 cm³/mol. The Balaban J connectivity index is 1.88. The molecule has 7 nitrogen and oxygen atoms in total. The van der Waals surface area contributed by atoms with Crippen LogP contribution in [0.15, 0.2) is 22.8 Å². The molecule has 1 aromatic rings. The van der Waals surface area contributed by atoms with Crippen LogP contribution in [0.4, 0.5) is 0 Å². The van der Waals surface area contributed by atoms with Crippen molar-refractivity contribution in [1.29, 1.82) is 0 Å². The SMILES string of the molecule is CC(NC(=O)c1ccco1)C(=O)NC(C(=O)O)C1CC1. The lowest BCUT2D eigenvalue weighted by molar-refractivity contribution is -0.142. The van der Waals surface area contributed by atoms with E-state index >= 15 is 0 Å². The Morgan fingerprint density at radius 1 is 1.35 bits per heavy atom. The van der Waals surface area contributed by atoms with Gasteiger partial charge in [-0.3, -0.25) is 9.59 Å². The van der Waals surface area contributed by atoms with Crippen molar-refractivity contribution in [2.45, 2.75) is 31.8 Å². The van der Waals surface area contributed by atoms with E-state index in [1.54, 1.807) is 6.07 Å². The molecular formula is C13H16N2O5. The molecule has 0 saturated heterocycles. The minimum atomic E-state index is -1.05. The van der Waals surface area contributed by atoms with Crippen LogP contribution in [0.2, 0.25) is 0 Å². The first-order chi connectivity index (χ1) is 9.49. The molecule has 0 spiro atoms. The molecule has 2 rings (SSSR count). The molecule has 108 valence electrons. The number of carboxylic acid groups (broad SMARTS) is 1. The topological polar surface area (TPSA) is 109 Å². The van der Waals surface area contributed by atoms with Gasteiger partial charge in [0.2, 0.25) is 5.91 Å². The summed E-state index contributed by atoms with van der Waals surface area (Å²) < 4.78 is 4.91. The molecule has 1 aliphatic rings. The van der Waals surface area contributed by atoms with Crippen LogP contribution in [-0.2, 0) is 9.59 Å². The highest BCUT2D eigenvalue weighted by molar-refractivity contribution is 5.96. The van der Waals surface area contributed by atoms with E-state index in [1.165, 1.54) is 19.3 Å². The number of hydrogen-bond donors (Lipinski definition) is 3. The largest absolute Gasteiger partial charge is 0.480 e. The smallest absolute Gasteiger partial charge is 0.326 e. The Hall–Kier alpha value is -2.31. The van der Waals surface area contributed by atoms with Gasteiger partial charge in [-0.25, -0.2) is 4.79 Å². The molecule has 1 aliphatic carbocycles. The second-order valence-electron chi connectivity index (χ2n) is 4.83. The average Bonchev–Trinajstić information content (AvgIpc) is 3.07. The Bertz CT molecular complexity index is 507. The van der Waals surface area contributed by atoms with Crippen molar-refractivity contribution in [3.63, 3.8) is 0 Å². The van der Waals surface area contributed by atoms with Crippen molar-refractivity contribution >= 4 is 17.8 Å². The minimum absolute atomic E-state index is 0.00979. The van der Waals surface area contributed by atoms with Crippen molar-refractivity contribution in [3.05, 3.63) is 24.2 Å². The lowest BCUT2D eigenvalue weighted by Gasteiger charge is -2.18. The standard InChI is InChI=1S/C13H16N2O5/c1-7(14-12(17)9-3-2-6-20-9)11(16)15-10(13(18)19)8-4-5-8/h2-3,6-8,10H,4-5H2,1H3,(H,14,17)(H,15,16)(H,18,19). The third-order valence-corrected chi connectivity index (χ3v) is 3.14. The Kier molecular flexibility index (Phi) is 4.07. The van der Waals surface area contributed by atoms with Crippen LogP contribution < -0.4 is 10.6 Å². The maximum absolute atomic E-state index is 11.9. The van der Waals surface area contributed by atoms with Gasteiger partial charge >= 0.3 is 5.97 Å². The van der Waals surface area contributed by atoms with Gasteiger partial charge < -0.3 is 20.2 Å². The molecule has 1 heterocycles. The molecule has 2 unspecified atom stereocenters. The van der Waals surface area contributed by atoms with E-state index in [9.17, 15) is 14.4 Å². The van der Waals surface area contributed by atoms with Gasteiger partial charge in [-0.1, -0.05) is 0 Å². The number of carbonyl (C=O) groups excluding carboxylic acids is 2. The van der Waals surface area contributed by atoms with Gasteiger partial charge in [0.1, 0.15) is 12.1 Å². The maximum atomic E-state index is 11.9. The van der Waals surface area contributed by atoms with E-state index in [1.807, 2.05) is 0 Å². The predicted octanol–water partition coefficient (Wildman–Crippen LogP) is 0.377. The molecule has 1 fully saturated rings. The monoisotopic (exact) mass is 280 g/mol. The number of rotatable bonds is 6. The number of furan rings is 1. The average molecular weight is 280 g/mol. The molecular weight excluding hydrogens is 264 g/mol. The molecule has 0 radical (unpaired) electrons. The van der Waals surface area contributed by atoms with Crippen molar-refractivity contribution in [3.8, 4) is 0 Å². The summed E-state index contributed by atoms with van der Waals surface area (Å²) in [6, 6.07) is 1.32. The van der Waals surface area contributed by atoms with Crippen LogP contribution in [0, 0.1) is 5.92 Å². The van der Waals surface area contributed by atoms with Crippen molar-refractivity contribution in [2.24, 2.45) is 5.92 Å². The normalized spacial score (nSPS) is 17.1. The fourth-order valence-electron chi connectivity index (χ4n) is 1.83. The number of hydrogen-bond acceptors (Lipinski definition) is 4. The van der Waals surface area contributed by atoms with Gasteiger partial charge in [-0.2, -0.15) is 0 Å². The molecule has 3 N–H and O–H groups in total. The number of carbonyl (C=O) groups is 3. The van der Waals surface area contributed by atoms with E-state index in [0.717, 1.165) is 12.8 Å². The first-order valence-corrected chi connectivity index (χ1v) is 6.36. The van der Waals surface area contributed by atoms with E-state index in [0.29, 0.717) is 0 Å². The van der Waals surface area contributed by atoms with Gasteiger partial charge in [-0.05, 0) is 37.8 Å². The maximum Gasteiger partial charge on any atom is 0.326 e. The highest BCUT2D eigenvalue weighted by Gasteiger charge is 2.38. The summed E-state index contributed by atoms with van der Waals surface area (Å²) in [4.78, 5) is 34.6. The van der Waals surface area contributed by atoms with Crippen LogP contribution in [0.25, 0.3) is 0 Å². The molecule has 1 saturated carbocycles. The van der Waals surface area contributed by atoms with E-state index in [-0.39, 0.29) is 11.7 Å². The third-order valence-electron chi connectivity index (χ3n) is 3.14.